The molecule has 0 spiro atoms. The van der Waals surface area contributed by atoms with Crippen LogP contribution in [-0.4, -0.2) is 30.1 Å². The molecule has 0 saturated carbocycles. The van der Waals surface area contributed by atoms with Gasteiger partial charge in [0.15, 0.2) is 0 Å². The SMILES string of the molecule is CCCC1CNC(C(C)(C)C)CN1Cc1ccsc1. The van der Waals surface area contributed by atoms with Crippen molar-refractivity contribution >= 4 is 11.3 Å². The molecule has 1 N–H and O–H groups in total. The number of nitrogens with zero attached hydrogens (tertiary/aromatic N) is 1. The van der Waals surface area contributed by atoms with Gasteiger partial charge in [-0.25, -0.2) is 0 Å². The maximum atomic E-state index is 3.76. The molecule has 1 aromatic rings. The van der Waals surface area contributed by atoms with Gasteiger partial charge in [0.25, 0.3) is 0 Å². The highest BCUT2D eigenvalue weighted by Gasteiger charge is 2.33. The summed E-state index contributed by atoms with van der Waals surface area (Å²) >= 11 is 1.81. The summed E-state index contributed by atoms with van der Waals surface area (Å²) in [6.07, 6.45) is 2.57. The summed E-state index contributed by atoms with van der Waals surface area (Å²) in [4.78, 5) is 2.69. The Morgan fingerprint density at radius 3 is 2.79 bits per heavy atom. The molecule has 2 nitrogen and oxygen atoms in total. The smallest absolute Gasteiger partial charge is 0.0246 e. The van der Waals surface area contributed by atoms with Crippen LogP contribution in [0.25, 0.3) is 0 Å². The first kappa shape index (κ1) is 15.0. The molecule has 0 radical (unpaired) electrons. The topological polar surface area (TPSA) is 15.3 Å². The monoisotopic (exact) mass is 280 g/mol. The molecule has 0 amide bonds. The van der Waals surface area contributed by atoms with E-state index >= 15 is 0 Å². The average molecular weight is 280 g/mol. The molecule has 2 atom stereocenters. The molecule has 0 bridgehead atoms. The van der Waals surface area contributed by atoms with Gasteiger partial charge in [-0.3, -0.25) is 4.90 Å². The van der Waals surface area contributed by atoms with Crippen LogP contribution in [0, 0.1) is 5.41 Å². The second-order valence-electron chi connectivity index (χ2n) is 6.83. The third-order valence-electron chi connectivity index (χ3n) is 4.17. The van der Waals surface area contributed by atoms with Crippen molar-refractivity contribution in [3.05, 3.63) is 22.4 Å². The van der Waals surface area contributed by atoms with Crippen molar-refractivity contribution < 1.29 is 0 Å². The summed E-state index contributed by atoms with van der Waals surface area (Å²) in [6.45, 7) is 12.7. The summed E-state index contributed by atoms with van der Waals surface area (Å²) in [7, 11) is 0. The first-order chi connectivity index (χ1) is 9.00. The Hall–Kier alpha value is -0.380. The molecule has 0 aliphatic carbocycles. The fraction of sp³-hybridized carbons (Fsp3) is 0.750. The number of thiophene rings is 1. The molecule has 1 aromatic heterocycles. The van der Waals surface area contributed by atoms with Gasteiger partial charge in [-0.05, 0) is 34.2 Å². The maximum Gasteiger partial charge on any atom is 0.0246 e. The van der Waals surface area contributed by atoms with E-state index in [0.29, 0.717) is 17.5 Å². The molecule has 1 saturated heterocycles. The van der Waals surface area contributed by atoms with Crippen molar-refractivity contribution in [2.24, 2.45) is 5.41 Å². The molecule has 19 heavy (non-hydrogen) atoms. The van der Waals surface area contributed by atoms with Crippen molar-refractivity contribution in [1.29, 1.82) is 0 Å². The Morgan fingerprint density at radius 2 is 2.21 bits per heavy atom. The van der Waals surface area contributed by atoms with Crippen LogP contribution in [0.2, 0.25) is 0 Å². The normalized spacial score (nSPS) is 25.7. The Morgan fingerprint density at radius 1 is 1.42 bits per heavy atom. The van der Waals surface area contributed by atoms with Gasteiger partial charge in [0, 0.05) is 31.7 Å². The molecular weight excluding hydrogens is 252 g/mol. The van der Waals surface area contributed by atoms with E-state index in [1.165, 1.54) is 24.9 Å². The summed E-state index contributed by atoms with van der Waals surface area (Å²) in [6, 6.07) is 3.56. The van der Waals surface area contributed by atoms with Gasteiger partial charge >= 0.3 is 0 Å². The Kier molecular flexibility index (Phi) is 5.04. The van der Waals surface area contributed by atoms with Crippen molar-refractivity contribution in [3.8, 4) is 0 Å². The molecule has 0 aromatic carbocycles. The zero-order valence-corrected chi connectivity index (χ0v) is 13.6. The summed E-state index contributed by atoms with van der Waals surface area (Å²) in [5.74, 6) is 0. The van der Waals surface area contributed by atoms with E-state index in [1.54, 1.807) is 11.3 Å². The van der Waals surface area contributed by atoms with Crippen LogP contribution in [0.4, 0.5) is 0 Å². The van der Waals surface area contributed by atoms with Gasteiger partial charge in [0.1, 0.15) is 0 Å². The highest BCUT2D eigenvalue weighted by molar-refractivity contribution is 7.07. The van der Waals surface area contributed by atoms with Crippen LogP contribution >= 0.6 is 11.3 Å². The molecule has 3 heteroatoms. The fourth-order valence-corrected chi connectivity index (χ4v) is 3.52. The molecule has 1 fully saturated rings. The fourth-order valence-electron chi connectivity index (χ4n) is 2.86. The Balaban J connectivity index is 2.04. The number of hydrogen-bond acceptors (Lipinski definition) is 3. The van der Waals surface area contributed by atoms with E-state index < -0.39 is 0 Å². The van der Waals surface area contributed by atoms with Crippen LogP contribution in [0.3, 0.4) is 0 Å². The van der Waals surface area contributed by atoms with Crippen molar-refractivity contribution in [2.45, 2.75) is 59.2 Å². The zero-order chi connectivity index (χ0) is 13.9. The molecule has 1 aliphatic rings. The lowest BCUT2D eigenvalue weighted by molar-refractivity contribution is 0.0749. The first-order valence-electron chi connectivity index (χ1n) is 7.49. The van der Waals surface area contributed by atoms with E-state index in [0.717, 1.165) is 13.1 Å². The van der Waals surface area contributed by atoms with E-state index in [-0.39, 0.29) is 0 Å². The van der Waals surface area contributed by atoms with Crippen molar-refractivity contribution in [1.82, 2.24) is 10.2 Å². The largest absolute Gasteiger partial charge is 0.311 e. The van der Waals surface area contributed by atoms with Crippen LogP contribution in [-0.2, 0) is 6.54 Å². The predicted molar refractivity (Wildman–Crippen MR) is 84.7 cm³/mol. The predicted octanol–water partition coefficient (Wildman–Crippen LogP) is 3.74. The van der Waals surface area contributed by atoms with Crippen LogP contribution in [0.1, 0.15) is 46.1 Å². The van der Waals surface area contributed by atoms with Gasteiger partial charge in [0.05, 0.1) is 0 Å². The van der Waals surface area contributed by atoms with E-state index in [9.17, 15) is 0 Å². The minimum atomic E-state index is 0.337. The quantitative estimate of drug-likeness (QED) is 0.904. The van der Waals surface area contributed by atoms with E-state index in [1.807, 2.05) is 0 Å². The second-order valence-corrected chi connectivity index (χ2v) is 7.61. The lowest BCUT2D eigenvalue weighted by Gasteiger charge is -2.45. The zero-order valence-electron chi connectivity index (χ0n) is 12.8. The molecular formula is C16H28N2S. The van der Waals surface area contributed by atoms with E-state index in [4.69, 9.17) is 0 Å². The Bertz CT molecular complexity index is 367. The minimum absolute atomic E-state index is 0.337. The van der Waals surface area contributed by atoms with Gasteiger partial charge in [-0.2, -0.15) is 11.3 Å². The third kappa shape index (κ3) is 4.04. The van der Waals surface area contributed by atoms with Gasteiger partial charge < -0.3 is 5.32 Å². The summed E-state index contributed by atoms with van der Waals surface area (Å²) in [5.41, 5.74) is 1.81. The van der Waals surface area contributed by atoms with Gasteiger partial charge in [-0.15, -0.1) is 0 Å². The number of nitrogens with one attached hydrogen (secondary N) is 1. The average Bonchev–Trinajstić information content (AvgIpc) is 2.83. The molecule has 1 aliphatic heterocycles. The Labute approximate surface area is 122 Å². The first-order valence-corrected chi connectivity index (χ1v) is 8.43. The molecule has 2 rings (SSSR count). The van der Waals surface area contributed by atoms with Gasteiger partial charge in [0.2, 0.25) is 0 Å². The standard InChI is InChI=1S/C16H28N2S/c1-5-6-14-9-17-15(16(2,3)4)11-18(14)10-13-7-8-19-12-13/h7-8,12,14-15,17H,5-6,9-11H2,1-4H3. The highest BCUT2D eigenvalue weighted by Crippen LogP contribution is 2.26. The number of piperazine rings is 1. The van der Waals surface area contributed by atoms with Crippen molar-refractivity contribution in [2.75, 3.05) is 13.1 Å². The van der Waals surface area contributed by atoms with Crippen LogP contribution in [0.5, 0.6) is 0 Å². The summed E-state index contributed by atoms with van der Waals surface area (Å²) < 4.78 is 0. The molecule has 2 heterocycles. The van der Waals surface area contributed by atoms with Crippen LogP contribution < -0.4 is 5.32 Å². The highest BCUT2D eigenvalue weighted by atomic mass is 32.1. The maximum absolute atomic E-state index is 3.76. The van der Waals surface area contributed by atoms with Crippen LogP contribution in [0.15, 0.2) is 16.8 Å². The van der Waals surface area contributed by atoms with E-state index in [2.05, 4.69) is 54.7 Å². The molecule has 2 unspecified atom stereocenters. The summed E-state index contributed by atoms with van der Waals surface area (Å²) in [5, 5.41) is 8.24. The number of hydrogen-bond donors (Lipinski definition) is 1. The number of rotatable bonds is 4. The lowest BCUT2D eigenvalue weighted by atomic mass is 9.84. The van der Waals surface area contributed by atoms with Gasteiger partial charge in [-0.1, -0.05) is 34.1 Å². The third-order valence-corrected chi connectivity index (χ3v) is 4.90. The molecule has 108 valence electrons. The minimum Gasteiger partial charge on any atom is -0.311 e. The second kappa shape index (κ2) is 6.38. The lowest BCUT2D eigenvalue weighted by Crippen LogP contribution is -2.59. The van der Waals surface area contributed by atoms with Crippen molar-refractivity contribution in [3.63, 3.8) is 0 Å².